The second kappa shape index (κ2) is 7.74. The number of fused-ring (bicyclic) bond motifs is 1. The van der Waals surface area contributed by atoms with E-state index in [1.165, 1.54) is 17.7 Å². The molecule has 2 aliphatic heterocycles. The minimum absolute atomic E-state index is 0.0231. The number of hydrogen-bond donors (Lipinski definition) is 0. The largest absolute Gasteiger partial charge is 0.368 e. The molecule has 1 aliphatic carbocycles. The van der Waals surface area contributed by atoms with Gasteiger partial charge in [-0.15, -0.1) is 0 Å². The number of carbonyl (C=O) groups excluding carboxylic acids is 2. The first-order valence-corrected chi connectivity index (χ1v) is 10.8. The number of rotatable bonds is 3. The minimum atomic E-state index is -0.513. The molecule has 0 radical (unpaired) electrons. The van der Waals surface area contributed by atoms with Crippen molar-refractivity contribution in [2.75, 3.05) is 37.6 Å². The van der Waals surface area contributed by atoms with Gasteiger partial charge in [0.05, 0.1) is 0 Å². The molecule has 0 N–H and O–H groups in total. The summed E-state index contributed by atoms with van der Waals surface area (Å²) in [5, 5.41) is 0. The first-order valence-electron chi connectivity index (χ1n) is 10.8. The Morgan fingerprint density at radius 1 is 0.833 bits per heavy atom. The highest BCUT2D eigenvalue weighted by atomic mass is 19.1. The lowest BCUT2D eigenvalue weighted by atomic mass is 9.91. The Kier molecular flexibility index (Phi) is 4.93. The smallest absolute Gasteiger partial charge is 0.250 e. The van der Waals surface area contributed by atoms with E-state index in [4.69, 9.17) is 0 Å². The third kappa shape index (κ3) is 3.55. The highest BCUT2D eigenvalue weighted by Crippen LogP contribution is 2.38. The molecule has 3 aliphatic rings. The summed E-state index contributed by atoms with van der Waals surface area (Å²) in [4.78, 5) is 32.5. The van der Waals surface area contributed by atoms with Crippen LogP contribution in [0, 0.1) is 11.7 Å². The van der Waals surface area contributed by atoms with Gasteiger partial charge in [-0.05, 0) is 54.7 Å². The molecule has 2 amide bonds. The monoisotopic (exact) mass is 407 g/mol. The SMILES string of the molecule is O=C([C@@H]1c2ccccc2CCN1C(=O)C1CC1)N1CCN(c2ccc(F)cc2)CC1. The summed E-state index contributed by atoms with van der Waals surface area (Å²) in [5.41, 5.74) is 3.11. The van der Waals surface area contributed by atoms with Crippen molar-refractivity contribution in [3.05, 3.63) is 65.5 Å². The van der Waals surface area contributed by atoms with Gasteiger partial charge in [0.25, 0.3) is 0 Å². The van der Waals surface area contributed by atoms with E-state index in [0.717, 1.165) is 30.5 Å². The van der Waals surface area contributed by atoms with Crippen LogP contribution >= 0.6 is 0 Å². The van der Waals surface area contributed by atoms with E-state index in [0.29, 0.717) is 32.7 Å². The number of nitrogens with zero attached hydrogens (tertiary/aromatic N) is 3. The Hall–Kier alpha value is -2.89. The lowest BCUT2D eigenvalue weighted by Crippen LogP contribution is -2.54. The van der Waals surface area contributed by atoms with Crippen LogP contribution in [0.5, 0.6) is 0 Å². The number of anilines is 1. The number of hydrogen-bond acceptors (Lipinski definition) is 3. The Labute approximate surface area is 176 Å². The maximum Gasteiger partial charge on any atom is 0.250 e. The molecule has 1 atom stereocenters. The van der Waals surface area contributed by atoms with Crippen LogP contribution in [-0.4, -0.2) is 54.3 Å². The second-order valence-electron chi connectivity index (χ2n) is 8.45. The third-order valence-corrected chi connectivity index (χ3v) is 6.51. The second-order valence-corrected chi connectivity index (χ2v) is 8.45. The number of benzene rings is 2. The van der Waals surface area contributed by atoms with E-state index < -0.39 is 6.04 Å². The van der Waals surface area contributed by atoms with Crippen molar-refractivity contribution in [1.29, 1.82) is 0 Å². The molecule has 0 aromatic heterocycles. The van der Waals surface area contributed by atoms with Crippen LogP contribution in [0.3, 0.4) is 0 Å². The maximum absolute atomic E-state index is 13.6. The van der Waals surface area contributed by atoms with E-state index in [1.807, 2.05) is 28.0 Å². The number of amides is 2. The molecule has 2 fully saturated rings. The number of piperazine rings is 1. The summed E-state index contributed by atoms with van der Waals surface area (Å²) in [6, 6.07) is 14.0. The summed E-state index contributed by atoms with van der Waals surface area (Å²) in [6.07, 6.45) is 2.68. The normalized spacial score (nSPS) is 21.4. The van der Waals surface area contributed by atoms with Crippen LogP contribution in [0.25, 0.3) is 0 Å². The lowest BCUT2D eigenvalue weighted by molar-refractivity contribution is -0.147. The predicted molar refractivity (Wildman–Crippen MR) is 113 cm³/mol. The third-order valence-electron chi connectivity index (χ3n) is 6.51. The van der Waals surface area contributed by atoms with Gasteiger partial charge in [0.2, 0.25) is 11.8 Å². The Morgan fingerprint density at radius 2 is 1.53 bits per heavy atom. The summed E-state index contributed by atoms with van der Waals surface area (Å²) in [7, 11) is 0. The zero-order chi connectivity index (χ0) is 20.7. The molecule has 2 aromatic carbocycles. The molecule has 2 aromatic rings. The lowest BCUT2D eigenvalue weighted by Gasteiger charge is -2.42. The van der Waals surface area contributed by atoms with E-state index in [2.05, 4.69) is 11.0 Å². The maximum atomic E-state index is 13.6. The van der Waals surface area contributed by atoms with Crippen molar-refractivity contribution in [1.82, 2.24) is 9.80 Å². The van der Waals surface area contributed by atoms with Crippen LogP contribution in [0.1, 0.15) is 30.0 Å². The molecule has 156 valence electrons. The zero-order valence-corrected chi connectivity index (χ0v) is 17.0. The summed E-state index contributed by atoms with van der Waals surface area (Å²) in [6.45, 7) is 3.20. The van der Waals surface area contributed by atoms with Crippen molar-refractivity contribution >= 4 is 17.5 Å². The first-order chi connectivity index (χ1) is 14.6. The Balaban J connectivity index is 1.34. The molecule has 5 rings (SSSR count). The average Bonchev–Trinajstić information content (AvgIpc) is 3.63. The van der Waals surface area contributed by atoms with Gasteiger partial charge >= 0.3 is 0 Å². The van der Waals surface area contributed by atoms with E-state index in [9.17, 15) is 14.0 Å². The van der Waals surface area contributed by atoms with E-state index in [-0.39, 0.29) is 23.5 Å². The number of carbonyl (C=O) groups is 2. The quantitative estimate of drug-likeness (QED) is 0.786. The standard InChI is InChI=1S/C24H26FN3O2/c25-19-7-9-20(10-8-19)26-13-15-27(16-14-26)24(30)22-21-4-2-1-3-17(21)11-12-28(22)23(29)18-5-6-18/h1-4,7-10,18,22H,5-6,11-16H2/t22-/m0/s1. The average molecular weight is 407 g/mol. The highest BCUT2D eigenvalue weighted by molar-refractivity contribution is 5.91. The zero-order valence-electron chi connectivity index (χ0n) is 17.0. The van der Waals surface area contributed by atoms with Crippen molar-refractivity contribution in [2.24, 2.45) is 5.92 Å². The first kappa shape index (κ1) is 19.1. The van der Waals surface area contributed by atoms with Crippen molar-refractivity contribution in [2.45, 2.75) is 25.3 Å². The summed E-state index contributed by atoms with van der Waals surface area (Å²) < 4.78 is 13.2. The minimum Gasteiger partial charge on any atom is -0.368 e. The van der Waals surface area contributed by atoms with Crippen molar-refractivity contribution in [3.8, 4) is 0 Å². The summed E-state index contributed by atoms with van der Waals surface area (Å²) in [5.74, 6) is 0.00698. The van der Waals surface area contributed by atoms with Gasteiger partial charge in [-0.3, -0.25) is 9.59 Å². The van der Waals surface area contributed by atoms with Crippen LogP contribution in [0.2, 0.25) is 0 Å². The van der Waals surface area contributed by atoms with Crippen molar-refractivity contribution in [3.63, 3.8) is 0 Å². The molecule has 6 heteroatoms. The molecular weight excluding hydrogens is 381 g/mol. The van der Waals surface area contributed by atoms with Crippen LogP contribution < -0.4 is 4.90 Å². The van der Waals surface area contributed by atoms with Crippen LogP contribution in [0.15, 0.2) is 48.5 Å². The van der Waals surface area contributed by atoms with Gasteiger partial charge in [0.1, 0.15) is 11.9 Å². The highest BCUT2D eigenvalue weighted by Gasteiger charge is 2.43. The number of halogens is 1. The van der Waals surface area contributed by atoms with Gasteiger partial charge in [-0.25, -0.2) is 4.39 Å². The molecule has 0 bridgehead atoms. The fourth-order valence-corrected chi connectivity index (χ4v) is 4.64. The van der Waals surface area contributed by atoms with E-state index >= 15 is 0 Å². The molecule has 5 nitrogen and oxygen atoms in total. The van der Waals surface area contributed by atoms with Gasteiger partial charge in [0, 0.05) is 44.3 Å². The fraction of sp³-hybridized carbons (Fsp3) is 0.417. The fourth-order valence-electron chi connectivity index (χ4n) is 4.64. The molecule has 0 spiro atoms. The molecule has 0 unspecified atom stereocenters. The van der Waals surface area contributed by atoms with Gasteiger partial charge in [-0.2, -0.15) is 0 Å². The van der Waals surface area contributed by atoms with Gasteiger partial charge in [-0.1, -0.05) is 24.3 Å². The molecule has 2 heterocycles. The molecule has 1 saturated carbocycles. The Morgan fingerprint density at radius 3 is 2.23 bits per heavy atom. The van der Waals surface area contributed by atoms with Gasteiger partial charge in [0.15, 0.2) is 0 Å². The predicted octanol–water partition coefficient (Wildman–Crippen LogP) is 3.01. The molecule has 1 saturated heterocycles. The van der Waals surface area contributed by atoms with E-state index in [1.54, 1.807) is 12.1 Å². The van der Waals surface area contributed by atoms with Gasteiger partial charge < -0.3 is 14.7 Å². The topological polar surface area (TPSA) is 43.9 Å². The van der Waals surface area contributed by atoms with Crippen LogP contribution in [-0.2, 0) is 16.0 Å². The van der Waals surface area contributed by atoms with Crippen LogP contribution in [0.4, 0.5) is 10.1 Å². The summed E-state index contributed by atoms with van der Waals surface area (Å²) >= 11 is 0. The molecule has 30 heavy (non-hydrogen) atoms. The van der Waals surface area contributed by atoms with Crippen molar-refractivity contribution < 1.29 is 14.0 Å². The Bertz CT molecular complexity index is 949. The molecular formula is C24H26FN3O2.